The molecule has 0 saturated heterocycles. The van der Waals surface area contributed by atoms with Crippen LogP contribution in [0.3, 0.4) is 0 Å². The number of unbranched alkanes of at least 4 members (excludes halogenated alkanes) is 5. The van der Waals surface area contributed by atoms with E-state index in [0.29, 0.717) is 42.4 Å². The minimum atomic E-state index is -1.46. The molecule has 10 heteroatoms. The number of ether oxygens (including phenoxy) is 2. The van der Waals surface area contributed by atoms with E-state index < -0.39 is 23.8 Å². The Kier molecular flexibility index (Phi) is 10.5. The number of nitrogens with zero attached hydrogens (tertiary/aromatic N) is 3. The normalized spacial score (nSPS) is 12.8. The monoisotopic (exact) mass is 610 g/mol. The van der Waals surface area contributed by atoms with Gasteiger partial charge in [-0.2, -0.15) is 5.10 Å². The van der Waals surface area contributed by atoms with Crippen LogP contribution in [0.15, 0.2) is 85.2 Å². The van der Waals surface area contributed by atoms with Gasteiger partial charge in [0.2, 0.25) is 6.04 Å². The maximum absolute atomic E-state index is 13.9. The lowest BCUT2D eigenvalue weighted by Crippen LogP contribution is -2.42. The molecule has 0 fully saturated rings. The summed E-state index contributed by atoms with van der Waals surface area (Å²) >= 11 is 0. The largest absolute Gasteiger partial charge is 0.494 e. The zero-order chi connectivity index (χ0) is 31.6. The summed E-state index contributed by atoms with van der Waals surface area (Å²) in [5.41, 5.74) is 1.92. The molecule has 234 valence electrons. The minimum absolute atomic E-state index is 0.134. The Balaban J connectivity index is 1.28. The van der Waals surface area contributed by atoms with Gasteiger partial charge in [0.1, 0.15) is 11.5 Å². The number of aromatic nitrogens is 2. The van der Waals surface area contributed by atoms with Gasteiger partial charge in [-0.3, -0.25) is 9.59 Å². The first-order valence-corrected chi connectivity index (χ1v) is 15.4. The molecule has 1 atom stereocenters. The first kappa shape index (κ1) is 31.3. The number of carbonyl (C=O) groups excluding carboxylic acids is 2. The number of fused-ring (bicyclic) bond motifs is 1. The number of para-hydroxylation sites is 3. The summed E-state index contributed by atoms with van der Waals surface area (Å²) in [5.74, 6) is -0.746. The summed E-state index contributed by atoms with van der Waals surface area (Å²) in [7, 11) is 0. The zero-order valence-corrected chi connectivity index (χ0v) is 25.4. The first-order chi connectivity index (χ1) is 21.9. The molecule has 0 aliphatic carbocycles. The predicted molar refractivity (Wildman–Crippen MR) is 171 cm³/mol. The lowest BCUT2D eigenvalue weighted by Gasteiger charge is -2.24. The Morgan fingerprint density at radius 2 is 1.62 bits per heavy atom. The molecule has 0 spiro atoms. The highest BCUT2D eigenvalue weighted by Gasteiger charge is 2.37. The van der Waals surface area contributed by atoms with Crippen molar-refractivity contribution >= 4 is 29.2 Å². The molecule has 10 nitrogen and oxygen atoms in total. The van der Waals surface area contributed by atoms with E-state index in [1.165, 1.54) is 31.9 Å². The molecular weight excluding hydrogens is 572 g/mol. The van der Waals surface area contributed by atoms with Gasteiger partial charge in [-0.25, -0.2) is 9.48 Å². The predicted octanol–water partition coefficient (Wildman–Crippen LogP) is 6.88. The molecule has 3 aromatic carbocycles. The maximum Gasteiger partial charge on any atom is 0.338 e. The fourth-order valence-corrected chi connectivity index (χ4v) is 5.31. The molecule has 1 aliphatic rings. The summed E-state index contributed by atoms with van der Waals surface area (Å²) in [6.07, 6.45) is 10.1. The highest BCUT2D eigenvalue weighted by Crippen LogP contribution is 2.33. The van der Waals surface area contributed by atoms with Crippen LogP contribution in [0.25, 0.3) is 0 Å². The zero-order valence-electron chi connectivity index (χ0n) is 25.4. The van der Waals surface area contributed by atoms with Crippen molar-refractivity contribution in [3.8, 4) is 17.2 Å². The molecule has 1 unspecified atom stereocenters. The number of rotatable bonds is 15. The highest BCUT2D eigenvalue weighted by atomic mass is 16.5. The summed E-state index contributed by atoms with van der Waals surface area (Å²) in [6, 6.07) is 20.2. The average molecular weight is 611 g/mol. The van der Waals surface area contributed by atoms with E-state index in [1.54, 1.807) is 41.3 Å². The molecule has 1 aromatic heterocycles. The summed E-state index contributed by atoms with van der Waals surface area (Å²) in [5, 5.41) is 16.3. The van der Waals surface area contributed by atoms with Crippen molar-refractivity contribution in [2.24, 2.45) is 0 Å². The number of carboxylic acids is 1. The Bertz CT molecular complexity index is 1620. The number of carboxylic acid groups (broad SMARTS) is 1. The second kappa shape index (κ2) is 15.1. The van der Waals surface area contributed by atoms with Crippen LogP contribution >= 0.6 is 0 Å². The van der Waals surface area contributed by atoms with Crippen LogP contribution in [-0.4, -0.2) is 45.8 Å². The number of aromatic carboxylic acids is 1. The SMILES string of the molecule is CCCCCCCCOc1ccc(Oc2ccccc2NC(=O)C(C(=O)N2CCc3ccccc32)n2cc(C(=O)O)cn2)cc1. The lowest BCUT2D eigenvalue weighted by atomic mass is 10.1. The van der Waals surface area contributed by atoms with Crippen LogP contribution < -0.4 is 19.7 Å². The van der Waals surface area contributed by atoms with Crippen molar-refractivity contribution in [1.29, 1.82) is 0 Å². The number of anilines is 2. The minimum Gasteiger partial charge on any atom is -0.494 e. The molecule has 45 heavy (non-hydrogen) atoms. The Hall–Kier alpha value is -5.12. The number of hydrogen-bond donors (Lipinski definition) is 2. The topological polar surface area (TPSA) is 123 Å². The van der Waals surface area contributed by atoms with Gasteiger partial charge in [0.25, 0.3) is 11.8 Å². The van der Waals surface area contributed by atoms with Crippen LogP contribution in [0.2, 0.25) is 0 Å². The Labute approximate surface area is 262 Å². The van der Waals surface area contributed by atoms with Crippen LogP contribution in [-0.2, 0) is 16.0 Å². The Morgan fingerprint density at radius 3 is 2.40 bits per heavy atom. The molecule has 0 bridgehead atoms. The number of amides is 2. The molecule has 2 N–H and O–H groups in total. The molecule has 5 rings (SSSR count). The standard InChI is InChI=1S/C35H38N4O6/c1-2-3-4-5-6-11-22-44-27-16-18-28(19-17-27)45-31-15-10-8-13-29(31)37-33(40)32(39-24-26(23-36-39)35(42)43)34(41)38-21-20-25-12-7-9-14-30(25)38/h7-10,12-19,23-24,32H,2-6,11,20-22H2,1H3,(H,37,40)(H,42,43). The van der Waals surface area contributed by atoms with Gasteiger partial charge in [-0.05, 0) is 60.9 Å². The van der Waals surface area contributed by atoms with E-state index in [1.807, 2.05) is 36.4 Å². The fraction of sp³-hybridized carbons (Fsp3) is 0.314. The number of benzene rings is 3. The highest BCUT2D eigenvalue weighted by molar-refractivity contribution is 6.14. The van der Waals surface area contributed by atoms with E-state index >= 15 is 0 Å². The van der Waals surface area contributed by atoms with Gasteiger partial charge in [0, 0.05) is 18.4 Å². The van der Waals surface area contributed by atoms with Gasteiger partial charge < -0.3 is 24.8 Å². The molecule has 0 radical (unpaired) electrons. The second-order valence-corrected chi connectivity index (χ2v) is 11.0. The van der Waals surface area contributed by atoms with Gasteiger partial charge in [-0.1, -0.05) is 69.4 Å². The maximum atomic E-state index is 13.9. The lowest BCUT2D eigenvalue weighted by molar-refractivity contribution is -0.130. The molecule has 0 saturated carbocycles. The molecule has 2 heterocycles. The van der Waals surface area contributed by atoms with Crippen molar-refractivity contribution in [3.05, 3.63) is 96.3 Å². The summed E-state index contributed by atoms with van der Waals surface area (Å²) in [6.45, 7) is 3.27. The van der Waals surface area contributed by atoms with Gasteiger partial charge in [-0.15, -0.1) is 0 Å². The third kappa shape index (κ3) is 7.89. The van der Waals surface area contributed by atoms with Crippen LogP contribution in [0.1, 0.15) is 67.4 Å². The van der Waals surface area contributed by atoms with Crippen molar-refractivity contribution < 1.29 is 29.0 Å². The number of hydrogen-bond acceptors (Lipinski definition) is 6. The van der Waals surface area contributed by atoms with E-state index in [0.717, 1.165) is 35.0 Å². The molecular formula is C35H38N4O6. The van der Waals surface area contributed by atoms with E-state index in [4.69, 9.17) is 9.47 Å². The van der Waals surface area contributed by atoms with Crippen molar-refractivity contribution in [1.82, 2.24) is 9.78 Å². The van der Waals surface area contributed by atoms with E-state index in [-0.39, 0.29) is 5.56 Å². The summed E-state index contributed by atoms with van der Waals surface area (Å²) in [4.78, 5) is 40.8. The van der Waals surface area contributed by atoms with Gasteiger partial charge in [0.15, 0.2) is 5.75 Å². The number of carbonyl (C=O) groups is 3. The molecule has 4 aromatic rings. The molecule has 2 amide bonds. The summed E-state index contributed by atoms with van der Waals surface area (Å²) < 4.78 is 13.1. The van der Waals surface area contributed by atoms with E-state index in [2.05, 4.69) is 17.3 Å². The smallest absolute Gasteiger partial charge is 0.338 e. The molecule has 1 aliphatic heterocycles. The third-order valence-electron chi connectivity index (χ3n) is 7.71. The Morgan fingerprint density at radius 1 is 0.911 bits per heavy atom. The van der Waals surface area contributed by atoms with Gasteiger partial charge in [0.05, 0.1) is 24.1 Å². The number of nitrogens with one attached hydrogen (secondary N) is 1. The van der Waals surface area contributed by atoms with Crippen LogP contribution in [0.5, 0.6) is 17.2 Å². The van der Waals surface area contributed by atoms with Crippen molar-refractivity contribution in [2.75, 3.05) is 23.4 Å². The average Bonchev–Trinajstić information content (AvgIpc) is 3.71. The van der Waals surface area contributed by atoms with Crippen LogP contribution in [0, 0.1) is 0 Å². The van der Waals surface area contributed by atoms with Crippen molar-refractivity contribution in [2.45, 2.75) is 57.9 Å². The third-order valence-corrected chi connectivity index (χ3v) is 7.71. The van der Waals surface area contributed by atoms with Crippen molar-refractivity contribution in [3.63, 3.8) is 0 Å². The second-order valence-electron chi connectivity index (χ2n) is 11.0. The quantitative estimate of drug-likeness (QED) is 0.111. The fourth-order valence-electron chi connectivity index (χ4n) is 5.31. The van der Waals surface area contributed by atoms with E-state index in [9.17, 15) is 19.5 Å². The first-order valence-electron chi connectivity index (χ1n) is 15.4. The van der Waals surface area contributed by atoms with Gasteiger partial charge >= 0.3 is 5.97 Å². The van der Waals surface area contributed by atoms with Crippen LogP contribution in [0.4, 0.5) is 11.4 Å².